The van der Waals surface area contributed by atoms with E-state index in [1.54, 1.807) is 13.2 Å². The molecule has 0 spiro atoms. The smallest absolute Gasteiger partial charge is 0.135 e. The van der Waals surface area contributed by atoms with Crippen LogP contribution in [0.1, 0.15) is 31.2 Å². The summed E-state index contributed by atoms with van der Waals surface area (Å²) in [7, 11) is 3.66. The number of nitrogen functional groups attached to an aromatic ring is 1. The lowest BCUT2D eigenvalue weighted by atomic mass is 10.2. The second-order valence-corrected chi connectivity index (χ2v) is 5.37. The van der Waals surface area contributed by atoms with E-state index in [1.165, 1.54) is 5.56 Å². The lowest BCUT2D eigenvalue weighted by Gasteiger charge is -2.20. The normalized spacial score (nSPS) is 10.7. The standard InChI is InChI=1S/C16H22N4O/c1-11(2)16-18-14(17)9-15(19-16)20(3)10-12-5-7-13(21-4)8-6-12/h5-9,11H,10H2,1-4H3,(H2,17,18,19). The first-order valence-corrected chi connectivity index (χ1v) is 6.98. The van der Waals surface area contributed by atoms with Gasteiger partial charge in [-0.1, -0.05) is 26.0 Å². The minimum absolute atomic E-state index is 0.252. The first kappa shape index (κ1) is 15.1. The van der Waals surface area contributed by atoms with Crippen LogP contribution in [0, 0.1) is 0 Å². The van der Waals surface area contributed by atoms with Crippen LogP contribution in [0.4, 0.5) is 11.6 Å². The predicted molar refractivity (Wildman–Crippen MR) is 85.6 cm³/mol. The molecular formula is C16H22N4O. The summed E-state index contributed by atoms with van der Waals surface area (Å²) in [6.07, 6.45) is 0. The van der Waals surface area contributed by atoms with Crippen LogP contribution >= 0.6 is 0 Å². The summed E-state index contributed by atoms with van der Waals surface area (Å²) in [6, 6.07) is 9.80. The molecule has 0 radical (unpaired) electrons. The molecule has 1 aromatic heterocycles. The van der Waals surface area contributed by atoms with E-state index in [-0.39, 0.29) is 5.92 Å². The molecule has 0 unspecified atom stereocenters. The zero-order valence-electron chi connectivity index (χ0n) is 13.0. The molecule has 1 aromatic carbocycles. The van der Waals surface area contributed by atoms with E-state index in [0.29, 0.717) is 5.82 Å². The number of aromatic nitrogens is 2. The van der Waals surface area contributed by atoms with Crippen molar-refractivity contribution in [2.24, 2.45) is 0 Å². The molecule has 5 heteroatoms. The monoisotopic (exact) mass is 286 g/mol. The van der Waals surface area contributed by atoms with Gasteiger partial charge in [-0.3, -0.25) is 0 Å². The van der Waals surface area contributed by atoms with Gasteiger partial charge in [-0.05, 0) is 17.7 Å². The number of hydrogen-bond donors (Lipinski definition) is 1. The maximum atomic E-state index is 5.87. The van der Waals surface area contributed by atoms with Crippen LogP contribution in [0.5, 0.6) is 5.75 Å². The van der Waals surface area contributed by atoms with Crippen LogP contribution in [0.25, 0.3) is 0 Å². The van der Waals surface area contributed by atoms with Crippen molar-refractivity contribution in [3.63, 3.8) is 0 Å². The van der Waals surface area contributed by atoms with Crippen molar-refractivity contribution in [2.45, 2.75) is 26.3 Å². The second-order valence-electron chi connectivity index (χ2n) is 5.37. The van der Waals surface area contributed by atoms with Crippen LogP contribution in [0.3, 0.4) is 0 Å². The first-order chi connectivity index (χ1) is 9.99. The Morgan fingerprint density at radius 1 is 1.19 bits per heavy atom. The SMILES string of the molecule is COc1ccc(CN(C)c2cc(N)nc(C(C)C)n2)cc1. The molecule has 1 heterocycles. The van der Waals surface area contributed by atoms with Crippen LogP contribution < -0.4 is 15.4 Å². The van der Waals surface area contributed by atoms with Crippen molar-refractivity contribution in [1.29, 1.82) is 0 Å². The molecule has 2 aromatic rings. The fourth-order valence-corrected chi connectivity index (χ4v) is 2.01. The van der Waals surface area contributed by atoms with Crippen molar-refractivity contribution in [3.05, 3.63) is 41.7 Å². The Hall–Kier alpha value is -2.30. The maximum Gasteiger partial charge on any atom is 0.135 e. The molecule has 0 bridgehead atoms. The largest absolute Gasteiger partial charge is 0.497 e. The zero-order valence-corrected chi connectivity index (χ0v) is 13.0. The predicted octanol–water partition coefficient (Wildman–Crippen LogP) is 2.83. The summed E-state index contributed by atoms with van der Waals surface area (Å²) in [5.41, 5.74) is 7.05. The van der Waals surface area contributed by atoms with Gasteiger partial charge in [-0.15, -0.1) is 0 Å². The summed E-state index contributed by atoms with van der Waals surface area (Å²) in [5.74, 6) is 3.22. The second kappa shape index (κ2) is 6.43. The molecule has 0 amide bonds. The molecule has 0 aliphatic heterocycles. The van der Waals surface area contributed by atoms with Gasteiger partial charge in [-0.25, -0.2) is 9.97 Å². The van der Waals surface area contributed by atoms with Gasteiger partial charge in [0.1, 0.15) is 23.2 Å². The Bertz CT molecular complexity index is 596. The van der Waals surface area contributed by atoms with Gasteiger partial charge in [0.25, 0.3) is 0 Å². The van der Waals surface area contributed by atoms with E-state index in [1.807, 2.05) is 31.3 Å². The van der Waals surface area contributed by atoms with Gasteiger partial charge in [-0.2, -0.15) is 0 Å². The number of anilines is 2. The van der Waals surface area contributed by atoms with Gasteiger partial charge < -0.3 is 15.4 Å². The zero-order chi connectivity index (χ0) is 15.4. The van der Waals surface area contributed by atoms with Gasteiger partial charge in [0.2, 0.25) is 0 Å². The van der Waals surface area contributed by atoms with Gasteiger partial charge in [0.05, 0.1) is 7.11 Å². The van der Waals surface area contributed by atoms with Crippen molar-refractivity contribution in [3.8, 4) is 5.75 Å². The van der Waals surface area contributed by atoms with Crippen molar-refractivity contribution in [1.82, 2.24) is 9.97 Å². The average Bonchev–Trinajstić information content (AvgIpc) is 2.47. The Kier molecular flexibility index (Phi) is 4.62. The maximum absolute atomic E-state index is 5.87. The third kappa shape index (κ3) is 3.84. The van der Waals surface area contributed by atoms with E-state index >= 15 is 0 Å². The molecule has 0 fully saturated rings. The summed E-state index contributed by atoms with van der Waals surface area (Å²) < 4.78 is 5.17. The Labute approximate surface area is 125 Å². The fourth-order valence-electron chi connectivity index (χ4n) is 2.01. The van der Waals surface area contributed by atoms with E-state index in [2.05, 4.69) is 28.7 Å². The highest BCUT2D eigenvalue weighted by molar-refractivity contribution is 5.47. The van der Waals surface area contributed by atoms with Crippen molar-refractivity contribution in [2.75, 3.05) is 24.8 Å². The summed E-state index contributed by atoms with van der Waals surface area (Å²) in [5, 5.41) is 0. The van der Waals surface area contributed by atoms with E-state index in [4.69, 9.17) is 10.5 Å². The third-order valence-corrected chi connectivity index (χ3v) is 3.24. The molecule has 112 valence electrons. The lowest BCUT2D eigenvalue weighted by molar-refractivity contribution is 0.414. The van der Waals surface area contributed by atoms with Gasteiger partial charge >= 0.3 is 0 Å². The first-order valence-electron chi connectivity index (χ1n) is 6.98. The number of nitrogens with zero attached hydrogens (tertiary/aromatic N) is 3. The molecule has 0 saturated carbocycles. The minimum Gasteiger partial charge on any atom is -0.497 e. The highest BCUT2D eigenvalue weighted by atomic mass is 16.5. The number of benzene rings is 1. The van der Waals surface area contributed by atoms with Gasteiger partial charge in [0.15, 0.2) is 0 Å². The van der Waals surface area contributed by atoms with Gasteiger partial charge in [0, 0.05) is 25.6 Å². The molecule has 5 nitrogen and oxygen atoms in total. The number of nitrogens with two attached hydrogens (primary N) is 1. The van der Waals surface area contributed by atoms with Crippen LogP contribution in [0.15, 0.2) is 30.3 Å². The molecule has 0 aliphatic rings. The van der Waals surface area contributed by atoms with Crippen LogP contribution in [-0.2, 0) is 6.54 Å². The summed E-state index contributed by atoms with van der Waals surface area (Å²) >= 11 is 0. The molecule has 2 N–H and O–H groups in total. The van der Waals surface area contributed by atoms with Crippen LogP contribution in [-0.4, -0.2) is 24.1 Å². The third-order valence-electron chi connectivity index (χ3n) is 3.24. The van der Waals surface area contributed by atoms with Crippen LogP contribution in [0.2, 0.25) is 0 Å². The Morgan fingerprint density at radius 3 is 2.43 bits per heavy atom. The summed E-state index contributed by atoms with van der Waals surface area (Å²) in [4.78, 5) is 10.9. The molecular weight excluding hydrogens is 264 g/mol. The quantitative estimate of drug-likeness (QED) is 0.915. The number of rotatable bonds is 5. The Balaban J connectivity index is 2.17. The number of methoxy groups -OCH3 is 1. The molecule has 0 aliphatic carbocycles. The number of ether oxygens (including phenoxy) is 1. The Morgan fingerprint density at radius 2 is 1.86 bits per heavy atom. The highest BCUT2D eigenvalue weighted by Gasteiger charge is 2.10. The van der Waals surface area contributed by atoms with E-state index < -0.39 is 0 Å². The average molecular weight is 286 g/mol. The van der Waals surface area contributed by atoms with E-state index in [9.17, 15) is 0 Å². The highest BCUT2D eigenvalue weighted by Crippen LogP contribution is 2.20. The lowest BCUT2D eigenvalue weighted by Crippen LogP contribution is -2.19. The summed E-state index contributed by atoms with van der Waals surface area (Å²) in [6.45, 7) is 4.86. The fraction of sp³-hybridized carbons (Fsp3) is 0.375. The molecule has 0 atom stereocenters. The minimum atomic E-state index is 0.252. The molecule has 2 rings (SSSR count). The van der Waals surface area contributed by atoms with E-state index in [0.717, 1.165) is 23.9 Å². The van der Waals surface area contributed by atoms with Crippen molar-refractivity contribution < 1.29 is 4.74 Å². The topological polar surface area (TPSA) is 64.3 Å². The molecule has 0 saturated heterocycles. The number of hydrogen-bond acceptors (Lipinski definition) is 5. The van der Waals surface area contributed by atoms with Crippen molar-refractivity contribution >= 4 is 11.6 Å². The molecule has 21 heavy (non-hydrogen) atoms.